The summed E-state index contributed by atoms with van der Waals surface area (Å²) in [4.78, 5) is 0.216. The lowest BCUT2D eigenvalue weighted by atomic mass is 10.1. The van der Waals surface area contributed by atoms with Crippen LogP contribution in [0, 0.1) is 0 Å². The fourth-order valence-corrected chi connectivity index (χ4v) is 4.32. The van der Waals surface area contributed by atoms with Crippen LogP contribution in [-0.4, -0.2) is 24.7 Å². The second-order valence-corrected chi connectivity index (χ2v) is 7.46. The first-order valence-corrected chi connectivity index (χ1v) is 8.60. The lowest BCUT2D eigenvalue weighted by Gasteiger charge is -2.23. The second kappa shape index (κ2) is 5.35. The molecular weight excluding hydrogens is 310 g/mol. The Balaban J connectivity index is 2.10. The topological polar surface area (TPSA) is 55.2 Å². The van der Waals surface area contributed by atoms with Gasteiger partial charge >= 0.3 is 0 Å². The highest BCUT2D eigenvalue weighted by Crippen LogP contribution is 2.32. The summed E-state index contributed by atoms with van der Waals surface area (Å²) in [6.45, 7) is 0.478. The van der Waals surface area contributed by atoms with Crippen LogP contribution >= 0.6 is 11.6 Å². The molecular formula is C14H16ClN3O2S. The summed E-state index contributed by atoms with van der Waals surface area (Å²) in [5, 5.41) is 4.59. The Morgan fingerprint density at radius 1 is 1.29 bits per heavy atom. The summed E-state index contributed by atoms with van der Waals surface area (Å²) in [6.07, 6.45) is 5.53. The predicted molar refractivity (Wildman–Crippen MR) is 82.1 cm³/mol. The summed E-state index contributed by atoms with van der Waals surface area (Å²) in [7, 11) is -1.88. The Morgan fingerprint density at radius 3 is 2.81 bits per heavy atom. The number of halogens is 1. The molecule has 0 unspecified atom stereocenters. The zero-order valence-electron chi connectivity index (χ0n) is 11.7. The molecule has 1 aliphatic heterocycles. The van der Waals surface area contributed by atoms with Crippen molar-refractivity contribution < 1.29 is 8.42 Å². The molecule has 0 amide bonds. The highest BCUT2D eigenvalue weighted by Gasteiger charge is 2.29. The van der Waals surface area contributed by atoms with E-state index in [1.54, 1.807) is 19.2 Å². The molecule has 0 atom stereocenters. The zero-order chi connectivity index (χ0) is 15.0. The molecule has 2 heterocycles. The number of nitrogens with zero attached hydrogens (tertiary/aromatic N) is 3. The van der Waals surface area contributed by atoms with Gasteiger partial charge in [0.25, 0.3) is 10.0 Å². The van der Waals surface area contributed by atoms with Gasteiger partial charge in [-0.1, -0.05) is 11.6 Å². The monoisotopic (exact) mass is 325 g/mol. The second-order valence-electron chi connectivity index (χ2n) is 5.16. The van der Waals surface area contributed by atoms with Crippen LogP contribution in [0.15, 0.2) is 35.5 Å². The Morgan fingerprint density at radius 2 is 2.10 bits per heavy atom. The minimum atomic E-state index is -3.58. The molecule has 21 heavy (non-hydrogen) atoms. The molecule has 0 aliphatic carbocycles. The lowest BCUT2D eigenvalue weighted by Crippen LogP contribution is -2.31. The Kier molecular flexibility index (Phi) is 3.67. The summed E-state index contributed by atoms with van der Waals surface area (Å²) in [5.41, 5.74) is 1.70. The minimum Gasteiger partial charge on any atom is -0.274 e. The number of hydrogen-bond acceptors (Lipinski definition) is 3. The van der Waals surface area contributed by atoms with Gasteiger partial charge in [0.2, 0.25) is 0 Å². The van der Waals surface area contributed by atoms with Gasteiger partial charge in [-0.2, -0.15) is 5.10 Å². The molecule has 1 aromatic carbocycles. The summed E-state index contributed by atoms with van der Waals surface area (Å²) in [5.74, 6) is 0. The van der Waals surface area contributed by atoms with Gasteiger partial charge in [-0.25, -0.2) is 8.42 Å². The van der Waals surface area contributed by atoms with Gasteiger partial charge in [-0.15, -0.1) is 0 Å². The number of hydrogen-bond donors (Lipinski definition) is 0. The van der Waals surface area contributed by atoms with E-state index in [1.165, 1.54) is 21.4 Å². The molecule has 2 aromatic rings. The van der Waals surface area contributed by atoms with Crippen LogP contribution in [-0.2, 0) is 23.5 Å². The highest BCUT2D eigenvalue weighted by molar-refractivity contribution is 7.92. The first-order chi connectivity index (χ1) is 9.98. The SMILES string of the molecule is Cn1cc(S(=O)(=O)N2CCCCc3cc(Cl)ccc32)cn1. The standard InChI is InChI=1S/C14H16ClN3O2S/c1-17-10-13(9-16-17)21(19,20)18-7-3-2-4-11-8-12(15)5-6-14(11)18/h5-6,8-10H,2-4,7H2,1H3. The molecule has 1 aromatic heterocycles. The van der Waals surface area contributed by atoms with E-state index in [4.69, 9.17) is 11.6 Å². The van der Waals surface area contributed by atoms with E-state index in [1.807, 2.05) is 6.07 Å². The van der Waals surface area contributed by atoms with Gasteiger partial charge in [0, 0.05) is 24.8 Å². The van der Waals surface area contributed by atoms with E-state index < -0.39 is 10.0 Å². The van der Waals surface area contributed by atoms with E-state index in [-0.39, 0.29) is 4.90 Å². The van der Waals surface area contributed by atoms with Crippen molar-refractivity contribution in [1.82, 2.24) is 9.78 Å². The van der Waals surface area contributed by atoms with Crippen molar-refractivity contribution >= 4 is 27.3 Å². The number of sulfonamides is 1. The Labute approximate surface area is 129 Å². The maximum Gasteiger partial charge on any atom is 0.267 e. The normalized spacial score (nSPS) is 15.6. The van der Waals surface area contributed by atoms with Gasteiger partial charge in [0.15, 0.2) is 0 Å². The third-order valence-electron chi connectivity index (χ3n) is 3.64. The fourth-order valence-electron chi connectivity index (χ4n) is 2.60. The maximum absolute atomic E-state index is 12.8. The van der Waals surface area contributed by atoms with Crippen molar-refractivity contribution in [3.8, 4) is 0 Å². The van der Waals surface area contributed by atoms with Gasteiger partial charge in [0.05, 0.1) is 11.9 Å². The van der Waals surface area contributed by atoms with Crippen molar-refractivity contribution in [2.24, 2.45) is 7.05 Å². The first kappa shape index (κ1) is 14.4. The summed E-state index contributed by atoms with van der Waals surface area (Å²) < 4.78 is 28.6. The molecule has 0 spiro atoms. The molecule has 3 rings (SSSR count). The lowest BCUT2D eigenvalue weighted by molar-refractivity contribution is 0.589. The fraction of sp³-hybridized carbons (Fsp3) is 0.357. The number of anilines is 1. The largest absolute Gasteiger partial charge is 0.274 e. The number of rotatable bonds is 2. The smallest absolute Gasteiger partial charge is 0.267 e. The number of aromatic nitrogens is 2. The third-order valence-corrected chi connectivity index (χ3v) is 5.64. The van der Waals surface area contributed by atoms with Crippen LogP contribution < -0.4 is 4.31 Å². The molecule has 0 saturated carbocycles. The van der Waals surface area contributed by atoms with Crippen molar-refractivity contribution in [3.63, 3.8) is 0 Å². The zero-order valence-corrected chi connectivity index (χ0v) is 13.2. The van der Waals surface area contributed by atoms with Crippen LogP contribution in [0.4, 0.5) is 5.69 Å². The molecule has 0 saturated heterocycles. The van der Waals surface area contributed by atoms with E-state index in [2.05, 4.69) is 5.10 Å². The summed E-state index contributed by atoms with van der Waals surface area (Å²) >= 11 is 6.03. The van der Waals surface area contributed by atoms with Gasteiger partial charge < -0.3 is 0 Å². The van der Waals surface area contributed by atoms with Crippen LogP contribution in [0.5, 0.6) is 0 Å². The van der Waals surface area contributed by atoms with E-state index in [0.717, 1.165) is 30.5 Å². The highest BCUT2D eigenvalue weighted by atomic mass is 35.5. The molecule has 0 N–H and O–H groups in total. The molecule has 7 heteroatoms. The third kappa shape index (κ3) is 2.65. The average molecular weight is 326 g/mol. The first-order valence-electron chi connectivity index (χ1n) is 6.78. The molecule has 5 nitrogen and oxygen atoms in total. The summed E-state index contributed by atoms with van der Waals surface area (Å²) in [6, 6.07) is 5.38. The molecule has 0 radical (unpaired) electrons. The van der Waals surface area contributed by atoms with Crippen molar-refractivity contribution in [3.05, 3.63) is 41.2 Å². The molecule has 1 aliphatic rings. The van der Waals surface area contributed by atoms with E-state index in [0.29, 0.717) is 11.6 Å². The number of aryl methyl sites for hydroxylation is 2. The molecule has 112 valence electrons. The Bertz CT molecular complexity index is 770. The van der Waals surface area contributed by atoms with Gasteiger partial charge in [-0.3, -0.25) is 8.99 Å². The molecule has 0 fully saturated rings. The minimum absolute atomic E-state index is 0.216. The van der Waals surface area contributed by atoms with Crippen molar-refractivity contribution in [2.45, 2.75) is 24.2 Å². The average Bonchev–Trinajstić information content (AvgIpc) is 2.76. The van der Waals surface area contributed by atoms with Crippen LogP contribution in [0.2, 0.25) is 5.02 Å². The van der Waals surface area contributed by atoms with Crippen molar-refractivity contribution in [1.29, 1.82) is 0 Å². The number of benzene rings is 1. The van der Waals surface area contributed by atoms with Crippen LogP contribution in [0.25, 0.3) is 0 Å². The van der Waals surface area contributed by atoms with Gasteiger partial charge in [0.1, 0.15) is 4.90 Å². The predicted octanol–water partition coefficient (Wildman–Crippen LogP) is 2.61. The van der Waals surface area contributed by atoms with Crippen molar-refractivity contribution in [2.75, 3.05) is 10.8 Å². The Hall–Kier alpha value is -1.53. The quantitative estimate of drug-likeness (QED) is 0.853. The molecule has 0 bridgehead atoms. The maximum atomic E-state index is 12.8. The van der Waals surface area contributed by atoms with Gasteiger partial charge in [-0.05, 0) is 43.0 Å². The van der Waals surface area contributed by atoms with Crippen LogP contribution in [0.1, 0.15) is 18.4 Å². The van der Waals surface area contributed by atoms with Crippen LogP contribution in [0.3, 0.4) is 0 Å². The van der Waals surface area contributed by atoms with E-state index in [9.17, 15) is 8.42 Å². The van der Waals surface area contributed by atoms with E-state index >= 15 is 0 Å². The number of fused-ring (bicyclic) bond motifs is 1.